The van der Waals surface area contributed by atoms with E-state index in [1.165, 1.54) is 4.90 Å². The van der Waals surface area contributed by atoms with Crippen molar-refractivity contribution >= 4 is 50.9 Å². The average molecular weight is 572 g/mol. The molecule has 0 heterocycles. The normalized spacial score (nSPS) is 13.2. The molecule has 2 rings (SSSR count). The van der Waals surface area contributed by atoms with Crippen LogP contribution in [0.25, 0.3) is 0 Å². The summed E-state index contributed by atoms with van der Waals surface area (Å²) in [5.74, 6) is 0.0238. The Bertz CT molecular complexity index is 1020. The van der Waals surface area contributed by atoms with E-state index >= 15 is 0 Å². The van der Waals surface area contributed by atoms with Crippen molar-refractivity contribution in [1.82, 2.24) is 10.2 Å². The molecule has 2 aromatic carbocycles. The van der Waals surface area contributed by atoms with Crippen LogP contribution in [0.4, 0.5) is 0 Å². The molecular formula is C26H33BrCl2N2O3. The van der Waals surface area contributed by atoms with Crippen LogP contribution in [0.3, 0.4) is 0 Å². The third-order valence-corrected chi connectivity index (χ3v) is 7.01. The molecule has 0 spiro atoms. The zero-order chi connectivity index (χ0) is 25.6. The number of nitrogens with one attached hydrogen (secondary N) is 1. The first-order valence-electron chi connectivity index (χ1n) is 11.3. The Labute approximate surface area is 221 Å². The molecule has 0 aromatic heterocycles. The van der Waals surface area contributed by atoms with E-state index in [2.05, 4.69) is 42.0 Å². The molecule has 8 heteroatoms. The van der Waals surface area contributed by atoms with Crippen molar-refractivity contribution in [3.63, 3.8) is 0 Å². The van der Waals surface area contributed by atoms with Gasteiger partial charge in [-0.1, -0.05) is 63.0 Å². The van der Waals surface area contributed by atoms with Gasteiger partial charge in [-0.05, 0) is 77.0 Å². The first-order chi connectivity index (χ1) is 15.8. The van der Waals surface area contributed by atoms with Gasteiger partial charge in [0, 0.05) is 12.6 Å². The molecule has 2 atom stereocenters. The van der Waals surface area contributed by atoms with Crippen molar-refractivity contribution in [2.45, 2.75) is 72.0 Å². The molecule has 1 N–H and O–H groups in total. The van der Waals surface area contributed by atoms with Crippen LogP contribution >= 0.6 is 39.1 Å². The molecule has 0 radical (unpaired) electrons. The number of benzene rings is 2. The zero-order valence-electron chi connectivity index (χ0n) is 20.5. The predicted octanol–water partition coefficient (Wildman–Crippen LogP) is 6.76. The van der Waals surface area contributed by atoms with Gasteiger partial charge in [-0.25, -0.2) is 0 Å². The fraction of sp³-hybridized carbons (Fsp3) is 0.462. The van der Waals surface area contributed by atoms with Crippen molar-refractivity contribution in [1.29, 1.82) is 0 Å². The maximum atomic E-state index is 13.3. The monoisotopic (exact) mass is 570 g/mol. The molecule has 5 nitrogen and oxygen atoms in total. The van der Waals surface area contributed by atoms with Crippen molar-refractivity contribution in [2.24, 2.45) is 0 Å². The summed E-state index contributed by atoms with van der Waals surface area (Å²) in [6.07, 6.45) is 0.793. The molecular weight excluding hydrogens is 539 g/mol. The number of ether oxygens (including phenoxy) is 1. The molecule has 0 aliphatic carbocycles. The fourth-order valence-electron chi connectivity index (χ4n) is 3.19. The maximum absolute atomic E-state index is 13.3. The maximum Gasteiger partial charge on any atom is 0.261 e. The van der Waals surface area contributed by atoms with Gasteiger partial charge in [-0.2, -0.15) is 0 Å². The summed E-state index contributed by atoms with van der Waals surface area (Å²) >= 11 is 15.7. The predicted molar refractivity (Wildman–Crippen MR) is 143 cm³/mol. The Morgan fingerprint density at radius 3 is 2.32 bits per heavy atom. The van der Waals surface area contributed by atoms with Crippen LogP contribution in [-0.4, -0.2) is 35.4 Å². The number of hydrogen-bond donors (Lipinski definition) is 1. The highest BCUT2D eigenvalue weighted by Crippen LogP contribution is 2.31. The Kier molecular flexibility index (Phi) is 10.3. The average Bonchev–Trinajstić information content (AvgIpc) is 2.77. The van der Waals surface area contributed by atoms with Gasteiger partial charge in [0.15, 0.2) is 6.61 Å². The van der Waals surface area contributed by atoms with E-state index in [-0.39, 0.29) is 36.4 Å². The summed E-state index contributed by atoms with van der Waals surface area (Å²) in [7, 11) is 0. The largest absolute Gasteiger partial charge is 0.483 e. The SMILES string of the molecule is CC[C@@H](C)NC(=O)[C@@H](C)N(Cc1ccc(Cl)c(Cl)c1)C(=O)COc1ccc(C(C)(C)C)cc1Br. The molecule has 2 amide bonds. The zero-order valence-corrected chi connectivity index (χ0v) is 23.6. The van der Waals surface area contributed by atoms with Crippen LogP contribution in [0.5, 0.6) is 5.75 Å². The van der Waals surface area contributed by atoms with Crippen molar-refractivity contribution in [3.05, 3.63) is 62.0 Å². The van der Waals surface area contributed by atoms with Gasteiger partial charge >= 0.3 is 0 Å². The lowest BCUT2D eigenvalue weighted by molar-refractivity contribution is -0.142. The van der Waals surface area contributed by atoms with Crippen LogP contribution in [0.15, 0.2) is 40.9 Å². The van der Waals surface area contributed by atoms with E-state index in [0.717, 1.165) is 22.0 Å². The first kappa shape index (κ1) is 28.5. The molecule has 2 aromatic rings. The van der Waals surface area contributed by atoms with Gasteiger partial charge in [0.25, 0.3) is 5.91 Å². The van der Waals surface area contributed by atoms with Crippen LogP contribution in [0, 0.1) is 0 Å². The van der Waals surface area contributed by atoms with Crippen LogP contribution < -0.4 is 10.1 Å². The molecule has 0 unspecified atom stereocenters. The minimum atomic E-state index is -0.703. The van der Waals surface area contributed by atoms with Crippen LogP contribution in [0.1, 0.15) is 59.1 Å². The second-order valence-corrected chi connectivity index (χ2v) is 11.1. The summed E-state index contributed by atoms with van der Waals surface area (Å²) in [5.41, 5.74) is 1.91. The molecule has 0 saturated carbocycles. The summed E-state index contributed by atoms with van der Waals surface area (Å²) < 4.78 is 6.61. The van der Waals surface area contributed by atoms with Gasteiger partial charge in [-0.3, -0.25) is 9.59 Å². The summed E-state index contributed by atoms with van der Waals surface area (Å²) in [5, 5.41) is 3.77. The second kappa shape index (κ2) is 12.3. The minimum Gasteiger partial charge on any atom is -0.483 e. The third-order valence-electron chi connectivity index (χ3n) is 5.65. The minimum absolute atomic E-state index is 0.00501. The van der Waals surface area contributed by atoms with Gasteiger partial charge in [0.05, 0.1) is 14.5 Å². The third kappa shape index (κ3) is 7.89. The van der Waals surface area contributed by atoms with Crippen molar-refractivity contribution in [3.8, 4) is 5.75 Å². The summed E-state index contributed by atoms with van der Waals surface area (Å²) in [6.45, 7) is 12.0. The topological polar surface area (TPSA) is 58.6 Å². The van der Waals surface area contributed by atoms with Crippen LogP contribution in [0.2, 0.25) is 10.0 Å². The second-order valence-electron chi connectivity index (χ2n) is 9.45. The Hall–Kier alpha value is -1.76. The van der Waals surface area contributed by atoms with Gasteiger partial charge in [0.1, 0.15) is 11.8 Å². The van der Waals surface area contributed by atoms with Gasteiger partial charge in [-0.15, -0.1) is 0 Å². The number of carbonyl (C=O) groups excluding carboxylic acids is 2. The lowest BCUT2D eigenvalue weighted by atomic mass is 9.87. The highest BCUT2D eigenvalue weighted by atomic mass is 79.9. The first-order valence-corrected chi connectivity index (χ1v) is 12.8. The smallest absolute Gasteiger partial charge is 0.261 e. The number of halogens is 3. The number of amides is 2. The Balaban J connectivity index is 2.22. The lowest BCUT2D eigenvalue weighted by Gasteiger charge is -2.30. The van der Waals surface area contributed by atoms with Crippen molar-refractivity contribution < 1.29 is 14.3 Å². The van der Waals surface area contributed by atoms with Crippen LogP contribution in [-0.2, 0) is 21.5 Å². The fourth-order valence-corrected chi connectivity index (χ4v) is 4.00. The molecule has 0 aliphatic rings. The van der Waals surface area contributed by atoms with E-state index in [4.69, 9.17) is 27.9 Å². The van der Waals surface area contributed by atoms with E-state index in [1.807, 2.05) is 32.0 Å². The molecule has 0 aliphatic heterocycles. The highest BCUT2D eigenvalue weighted by Gasteiger charge is 2.27. The summed E-state index contributed by atoms with van der Waals surface area (Å²) in [6, 6.07) is 10.3. The number of hydrogen-bond acceptors (Lipinski definition) is 3. The van der Waals surface area contributed by atoms with E-state index < -0.39 is 6.04 Å². The molecule has 0 bridgehead atoms. The number of rotatable bonds is 9. The highest BCUT2D eigenvalue weighted by molar-refractivity contribution is 9.10. The lowest BCUT2D eigenvalue weighted by Crippen LogP contribution is -2.50. The quantitative estimate of drug-likeness (QED) is 0.361. The molecule has 186 valence electrons. The van der Waals surface area contributed by atoms with E-state index in [1.54, 1.807) is 25.1 Å². The summed E-state index contributed by atoms with van der Waals surface area (Å²) in [4.78, 5) is 27.6. The number of nitrogens with zero attached hydrogens (tertiary/aromatic N) is 1. The standard InChI is InChI=1S/C26H33BrCl2N2O3/c1-7-16(2)30-25(33)17(3)31(14-18-8-10-21(28)22(29)12-18)24(32)15-34-23-11-9-19(13-20(23)27)26(4,5)6/h8-13,16-17H,7,14-15H2,1-6H3,(H,30,33)/t16-,17-/m1/s1. The Morgan fingerprint density at radius 2 is 1.76 bits per heavy atom. The molecule has 34 heavy (non-hydrogen) atoms. The molecule has 0 saturated heterocycles. The van der Waals surface area contributed by atoms with Gasteiger partial charge < -0.3 is 15.0 Å². The number of carbonyl (C=O) groups is 2. The van der Waals surface area contributed by atoms with Gasteiger partial charge in [0.2, 0.25) is 5.91 Å². The molecule has 0 fully saturated rings. The van der Waals surface area contributed by atoms with E-state index in [9.17, 15) is 9.59 Å². The van der Waals surface area contributed by atoms with Crippen molar-refractivity contribution in [2.75, 3.05) is 6.61 Å². The Morgan fingerprint density at radius 1 is 1.09 bits per heavy atom. The van der Waals surface area contributed by atoms with E-state index in [0.29, 0.717) is 15.8 Å².